The lowest BCUT2D eigenvalue weighted by Gasteiger charge is -2.30. The van der Waals surface area contributed by atoms with E-state index in [-0.39, 0.29) is 24.0 Å². The maximum atomic E-state index is 4.57. The molecule has 146 valence electrons. The van der Waals surface area contributed by atoms with Crippen LogP contribution in [0.5, 0.6) is 0 Å². The molecule has 0 aromatic carbocycles. The van der Waals surface area contributed by atoms with Crippen LogP contribution < -0.4 is 10.6 Å². The fraction of sp³-hybridized carbons (Fsp3) is 0.778. The molecular formula is C18H36IN5S. The number of guanidine groups is 1. The zero-order chi connectivity index (χ0) is 18.1. The summed E-state index contributed by atoms with van der Waals surface area (Å²) in [6.45, 7) is 16.1. The molecule has 25 heavy (non-hydrogen) atoms. The standard InChI is InChI=1S/C18H35N5S.HI/c1-13(2)23(14(3)4)12-8-10-20-18(19-7)21-11-9-17-22-15(5)16(6)24-17;/h13-14H,8-12H2,1-7H3,(H2,19,20,21);1H. The van der Waals surface area contributed by atoms with Gasteiger partial charge in [-0.15, -0.1) is 35.3 Å². The van der Waals surface area contributed by atoms with Crippen molar-refractivity contribution < 1.29 is 0 Å². The molecule has 0 aliphatic rings. The summed E-state index contributed by atoms with van der Waals surface area (Å²) in [7, 11) is 1.82. The number of aryl methyl sites for hydroxylation is 2. The van der Waals surface area contributed by atoms with Gasteiger partial charge in [-0.1, -0.05) is 0 Å². The van der Waals surface area contributed by atoms with Gasteiger partial charge in [0.1, 0.15) is 0 Å². The second kappa shape index (κ2) is 12.9. The molecule has 1 aromatic heterocycles. The molecule has 0 bridgehead atoms. The molecule has 0 saturated carbocycles. The second-order valence-electron chi connectivity index (χ2n) is 6.70. The van der Waals surface area contributed by atoms with Gasteiger partial charge in [-0.2, -0.15) is 0 Å². The molecule has 1 rings (SSSR count). The van der Waals surface area contributed by atoms with Crippen LogP contribution in [0.15, 0.2) is 4.99 Å². The molecular weight excluding hydrogens is 445 g/mol. The third kappa shape index (κ3) is 9.19. The van der Waals surface area contributed by atoms with Gasteiger partial charge in [-0.25, -0.2) is 4.98 Å². The first kappa shape index (κ1) is 24.6. The van der Waals surface area contributed by atoms with E-state index in [0.717, 1.165) is 44.1 Å². The van der Waals surface area contributed by atoms with Crippen molar-refractivity contribution in [2.24, 2.45) is 4.99 Å². The van der Waals surface area contributed by atoms with E-state index in [4.69, 9.17) is 0 Å². The van der Waals surface area contributed by atoms with Crippen molar-refractivity contribution in [1.82, 2.24) is 20.5 Å². The van der Waals surface area contributed by atoms with Gasteiger partial charge in [-0.05, 0) is 48.0 Å². The summed E-state index contributed by atoms with van der Waals surface area (Å²) in [5.74, 6) is 0.876. The molecule has 1 aromatic rings. The molecule has 5 nitrogen and oxygen atoms in total. The number of nitrogens with one attached hydrogen (secondary N) is 2. The molecule has 0 spiro atoms. The van der Waals surface area contributed by atoms with Crippen LogP contribution in [0.3, 0.4) is 0 Å². The van der Waals surface area contributed by atoms with Crippen molar-refractivity contribution in [3.8, 4) is 0 Å². The lowest BCUT2D eigenvalue weighted by atomic mass is 10.2. The van der Waals surface area contributed by atoms with Gasteiger partial charge in [0.25, 0.3) is 0 Å². The van der Waals surface area contributed by atoms with Crippen LogP contribution in [0.4, 0.5) is 0 Å². The Balaban J connectivity index is 0.00000576. The quantitative estimate of drug-likeness (QED) is 0.245. The normalized spacial score (nSPS) is 12.0. The SMILES string of the molecule is CN=C(NCCCN(C(C)C)C(C)C)NCCc1nc(C)c(C)s1.I. The second-order valence-corrected chi connectivity index (χ2v) is 7.99. The smallest absolute Gasteiger partial charge is 0.190 e. The topological polar surface area (TPSA) is 52.6 Å². The highest BCUT2D eigenvalue weighted by molar-refractivity contribution is 14.0. The van der Waals surface area contributed by atoms with E-state index < -0.39 is 0 Å². The zero-order valence-corrected chi connectivity index (χ0v) is 20.0. The van der Waals surface area contributed by atoms with Crippen LogP contribution in [-0.4, -0.2) is 54.6 Å². The third-order valence-corrected chi connectivity index (χ3v) is 5.27. The van der Waals surface area contributed by atoms with Crippen LogP contribution in [0.25, 0.3) is 0 Å². The van der Waals surface area contributed by atoms with Gasteiger partial charge >= 0.3 is 0 Å². The van der Waals surface area contributed by atoms with Gasteiger partial charge in [0.15, 0.2) is 5.96 Å². The van der Waals surface area contributed by atoms with Gasteiger partial charge in [0.2, 0.25) is 0 Å². The largest absolute Gasteiger partial charge is 0.356 e. The monoisotopic (exact) mass is 481 g/mol. The van der Waals surface area contributed by atoms with E-state index in [1.54, 1.807) is 11.3 Å². The van der Waals surface area contributed by atoms with Crippen molar-refractivity contribution in [3.05, 3.63) is 15.6 Å². The first-order valence-electron chi connectivity index (χ1n) is 8.98. The van der Waals surface area contributed by atoms with Crippen LogP contribution in [0.1, 0.15) is 49.7 Å². The summed E-state index contributed by atoms with van der Waals surface area (Å²) in [5, 5.41) is 7.97. The van der Waals surface area contributed by atoms with Crippen molar-refractivity contribution in [1.29, 1.82) is 0 Å². The van der Waals surface area contributed by atoms with Crippen molar-refractivity contribution in [3.63, 3.8) is 0 Å². The predicted molar refractivity (Wildman–Crippen MR) is 122 cm³/mol. The summed E-state index contributed by atoms with van der Waals surface area (Å²) in [5.41, 5.74) is 1.15. The van der Waals surface area contributed by atoms with Crippen LogP contribution in [0.2, 0.25) is 0 Å². The number of halogens is 1. The van der Waals surface area contributed by atoms with Gasteiger partial charge in [-0.3, -0.25) is 9.89 Å². The van der Waals surface area contributed by atoms with E-state index >= 15 is 0 Å². The molecule has 7 heteroatoms. The molecule has 2 N–H and O–H groups in total. The number of thiazole rings is 1. The summed E-state index contributed by atoms with van der Waals surface area (Å²) in [6, 6.07) is 1.18. The number of nitrogens with zero attached hydrogens (tertiary/aromatic N) is 3. The Hall–Kier alpha value is -0.410. The third-order valence-electron chi connectivity index (χ3n) is 4.14. The van der Waals surface area contributed by atoms with Crippen LogP contribution in [-0.2, 0) is 6.42 Å². The Morgan fingerprint density at radius 2 is 1.72 bits per heavy atom. The lowest BCUT2D eigenvalue weighted by Crippen LogP contribution is -2.41. The number of rotatable bonds is 9. The Kier molecular flexibility index (Phi) is 12.7. The van der Waals surface area contributed by atoms with E-state index in [1.807, 2.05) is 7.05 Å². The molecule has 0 atom stereocenters. The first-order valence-corrected chi connectivity index (χ1v) is 9.80. The minimum Gasteiger partial charge on any atom is -0.356 e. The summed E-state index contributed by atoms with van der Waals surface area (Å²) in [6.07, 6.45) is 2.05. The fourth-order valence-corrected chi connectivity index (χ4v) is 3.67. The number of hydrogen-bond donors (Lipinski definition) is 2. The minimum absolute atomic E-state index is 0. The molecule has 0 radical (unpaired) electrons. The number of hydrogen-bond acceptors (Lipinski definition) is 4. The van der Waals surface area contributed by atoms with E-state index in [1.165, 1.54) is 9.88 Å². The molecule has 0 amide bonds. The highest BCUT2D eigenvalue weighted by Crippen LogP contribution is 2.16. The van der Waals surface area contributed by atoms with E-state index in [2.05, 4.69) is 67.1 Å². The number of aliphatic imine (C=N–C) groups is 1. The Labute approximate surface area is 175 Å². The average molecular weight is 481 g/mol. The van der Waals surface area contributed by atoms with Crippen LogP contribution >= 0.6 is 35.3 Å². The fourth-order valence-electron chi connectivity index (χ4n) is 2.74. The zero-order valence-electron chi connectivity index (χ0n) is 16.8. The van der Waals surface area contributed by atoms with Crippen molar-refractivity contribution in [2.45, 2.75) is 66.5 Å². The Bertz CT molecular complexity index is 486. The molecule has 0 saturated heterocycles. The molecule has 1 heterocycles. The van der Waals surface area contributed by atoms with Gasteiger partial charge in [0.05, 0.1) is 10.7 Å². The molecule has 0 aliphatic heterocycles. The minimum atomic E-state index is 0. The van der Waals surface area contributed by atoms with Crippen molar-refractivity contribution >= 4 is 41.3 Å². The summed E-state index contributed by atoms with van der Waals surface area (Å²) in [4.78, 5) is 12.7. The van der Waals surface area contributed by atoms with E-state index in [9.17, 15) is 0 Å². The Morgan fingerprint density at radius 3 is 2.20 bits per heavy atom. The summed E-state index contributed by atoms with van der Waals surface area (Å²) < 4.78 is 0. The molecule has 0 unspecified atom stereocenters. The summed E-state index contributed by atoms with van der Waals surface area (Å²) >= 11 is 1.79. The maximum Gasteiger partial charge on any atom is 0.190 e. The van der Waals surface area contributed by atoms with Crippen molar-refractivity contribution in [2.75, 3.05) is 26.7 Å². The number of aromatic nitrogens is 1. The average Bonchev–Trinajstić information content (AvgIpc) is 2.82. The molecule has 0 fully saturated rings. The predicted octanol–water partition coefficient (Wildman–Crippen LogP) is 3.59. The first-order chi connectivity index (χ1) is 11.3. The lowest BCUT2D eigenvalue weighted by molar-refractivity contribution is 0.173. The van der Waals surface area contributed by atoms with E-state index in [0.29, 0.717) is 12.1 Å². The van der Waals surface area contributed by atoms with Gasteiger partial charge < -0.3 is 10.6 Å². The Morgan fingerprint density at radius 1 is 1.12 bits per heavy atom. The maximum absolute atomic E-state index is 4.57. The highest BCUT2D eigenvalue weighted by atomic mass is 127. The highest BCUT2D eigenvalue weighted by Gasteiger charge is 2.12. The molecule has 0 aliphatic carbocycles. The van der Waals surface area contributed by atoms with Crippen LogP contribution in [0, 0.1) is 13.8 Å². The van der Waals surface area contributed by atoms with Gasteiger partial charge in [0, 0.05) is 50.1 Å².